The van der Waals surface area contributed by atoms with Crippen LogP contribution in [0.5, 0.6) is 0 Å². The van der Waals surface area contributed by atoms with Crippen molar-refractivity contribution in [2.75, 3.05) is 5.32 Å². The lowest BCUT2D eigenvalue weighted by molar-refractivity contribution is -0.138. The van der Waals surface area contributed by atoms with Gasteiger partial charge >= 0.3 is 12.2 Å². The summed E-state index contributed by atoms with van der Waals surface area (Å²) in [5, 5.41) is 6.49. The van der Waals surface area contributed by atoms with Crippen LogP contribution >= 0.6 is 15.9 Å². The van der Waals surface area contributed by atoms with Crippen molar-refractivity contribution in [2.24, 2.45) is 11.0 Å². The number of carbonyl (C=O) groups excluding carboxylic acids is 2. The molecule has 0 radical (unpaired) electrons. The number of halogens is 5. The summed E-state index contributed by atoms with van der Waals surface area (Å²) >= 11 is 2.78. The fourth-order valence-corrected chi connectivity index (χ4v) is 4.69. The highest BCUT2D eigenvalue weighted by Crippen LogP contribution is 2.40. The van der Waals surface area contributed by atoms with E-state index in [1.54, 1.807) is 11.0 Å². The third kappa shape index (κ3) is 3.63. The van der Waals surface area contributed by atoms with E-state index in [-0.39, 0.29) is 34.1 Å². The lowest BCUT2D eigenvalue weighted by Gasteiger charge is -2.40. The summed E-state index contributed by atoms with van der Waals surface area (Å²) in [5.74, 6) is -1.65. The molecule has 0 spiro atoms. The largest absolute Gasteiger partial charge is 0.417 e. The Balaban J connectivity index is 1.61. The molecule has 4 rings (SSSR count). The minimum atomic E-state index is -4.72. The lowest BCUT2D eigenvalue weighted by atomic mass is 9.88. The molecule has 0 aromatic heterocycles. The zero-order valence-electron chi connectivity index (χ0n) is 14.8. The maximum atomic E-state index is 14.3. The molecule has 0 aliphatic carbocycles. The molecule has 11 heteroatoms. The van der Waals surface area contributed by atoms with Crippen LogP contribution in [0.4, 0.5) is 28.0 Å². The smallest absolute Gasteiger partial charge is 0.313 e. The number of urea groups is 1. The lowest BCUT2D eigenvalue weighted by Crippen LogP contribution is -2.54. The number of amides is 3. The van der Waals surface area contributed by atoms with Crippen LogP contribution in [-0.4, -0.2) is 34.6 Å². The van der Waals surface area contributed by atoms with Crippen molar-refractivity contribution in [3.63, 3.8) is 0 Å². The molecule has 2 fully saturated rings. The quantitative estimate of drug-likeness (QED) is 0.603. The molecule has 3 heterocycles. The molecule has 3 atom stereocenters. The number of nitrogens with one attached hydrogen (secondary N) is 2. The van der Waals surface area contributed by atoms with Crippen LogP contribution in [0.15, 0.2) is 33.9 Å². The molecular formula is C18H15BrF4N4O2. The molecule has 3 amide bonds. The molecule has 29 heavy (non-hydrogen) atoms. The number of piperidine rings is 1. The third-order valence-electron chi connectivity index (χ3n) is 5.40. The SMILES string of the molecule is O=C1/C=C\C2C/C(=N\N1)C1CCC2N1C(=O)Nc1cc(Br)c(C(F)(F)F)cc1F. The Morgan fingerprint density at radius 1 is 1.31 bits per heavy atom. The number of anilines is 1. The summed E-state index contributed by atoms with van der Waals surface area (Å²) in [7, 11) is 0. The minimum Gasteiger partial charge on any atom is -0.313 e. The van der Waals surface area contributed by atoms with Crippen molar-refractivity contribution in [1.29, 1.82) is 0 Å². The molecule has 6 nitrogen and oxygen atoms in total. The number of hydrazone groups is 1. The second-order valence-corrected chi connectivity index (χ2v) is 7.97. The first-order chi connectivity index (χ1) is 13.6. The average Bonchev–Trinajstić information content (AvgIpc) is 2.97. The van der Waals surface area contributed by atoms with Crippen LogP contribution in [0.25, 0.3) is 0 Å². The number of benzene rings is 1. The van der Waals surface area contributed by atoms with Gasteiger partial charge in [0, 0.05) is 22.5 Å². The summed E-state index contributed by atoms with van der Waals surface area (Å²) in [5.41, 5.74) is 1.53. The summed E-state index contributed by atoms with van der Waals surface area (Å²) in [6, 6.07) is 0.0563. The Hall–Kier alpha value is -2.43. The molecule has 0 saturated carbocycles. The van der Waals surface area contributed by atoms with E-state index in [9.17, 15) is 27.2 Å². The van der Waals surface area contributed by atoms with Gasteiger partial charge in [0.2, 0.25) is 0 Å². The summed E-state index contributed by atoms with van der Waals surface area (Å²) < 4.78 is 52.6. The monoisotopic (exact) mass is 474 g/mol. The zero-order valence-corrected chi connectivity index (χ0v) is 16.3. The Kier molecular flexibility index (Phi) is 4.88. The van der Waals surface area contributed by atoms with Gasteiger partial charge in [0.25, 0.3) is 5.91 Å². The molecule has 1 aromatic rings. The van der Waals surface area contributed by atoms with E-state index >= 15 is 0 Å². The molecule has 2 N–H and O–H groups in total. The van der Waals surface area contributed by atoms with Gasteiger partial charge in [0.15, 0.2) is 0 Å². The first-order valence-corrected chi connectivity index (χ1v) is 9.64. The van der Waals surface area contributed by atoms with Crippen molar-refractivity contribution >= 4 is 39.3 Å². The van der Waals surface area contributed by atoms with Crippen molar-refractivity contribution in [3.8, 4) is 0 Å². The van der Waals surface area contributed by atoms with Crippen LogP contribution in [0.3, 0.4) is 0 Å². The number of hydrogen-bond acceptors (Lipinski definition) is 3. The molecular weight excluding hydrogens is 460 g/mol. The highest BCUT2D eigenvalue weighted by atomic mass is 79.9. The Labute approximate surface area is 171 Å². The van der Waals surface area contributed by atoms with Crippen LogP contribution in [0.2, 0.25) is 0 Å². The van der Waals surface area contributed by atoms with E-state index in [0.29, 0.717) is 31.0 Å². The number of fused-ring (bicyclic) bond motifs is 6. The standard InChI is InChI=1S/C18H15BrF4N4O2/c19-10-7-12(11(20)6-9(10)18(21,22)23)24-17(29)27-14-2-3-15(27)13-5-8(14)1-4-16(28)26-25-13/h1,4,6-8,14-15H,2-3,5H2,(H,24,29)(H,26,28)/b4-1-,25-13+. The van der Waals surface area contributed by atoms with Crippen molar-refractivity contribution < 1.29 is 27.2 Å². The fourth-order valence-electron chi connectivity index (χ4n) is 4.12. The molecule has 3 aliphatic rings. The molecule has 154 valence electrons. The van der Waals surface area contributed by atoms with E-state index < -0.39 is 23.6 Å². The Bertz CT molecular complexity index is 947. The number of hydrogen-bond donors (Lipinski definition) is 2. The highest BCUT2D eigenvalue weighted by Gasteiger charge is 2.48. The number of rotatable bonds is 1. The van der Waals surface area contributed by atoms with Crippen LogP contribution in [-0.2, 0) is 11.0 Å². The normalized spacial score (nSPS) is 28.7. The molecule has 3 aliphatic heterocycles. The molecule has 2 saturated heterocycles. The van der Waals surface area contributed by atoms with Gasteiger partial charge in [-0.2, -0.15) is 18.3 Å². The first-order valence-electron chi connectivity index (χ1n) is 8.85. The van der Waals surface area contributed by atoms with E-state index in [1.807, 2.05) is 0 Å². The summed E-state index contributed by atoms with van der Waals surface area (Å²) in [4.78, 5) is 26.1. The summed E-state index contributed by atoms with van der Waals surface area (Å²) in [6.45, 7) is 0. The van der Waals surface area contributed by atoms with Gasteiger partial charge in [-0.25, -0.2) is 14.6 Å². The zero-order chi connectivity index (χ0) is 20.9. The van der Waals surface area contributed by atoms with E-state index in [0.717, 1.165) is 6.07 Å². The van der Waals surface area contributed by atoms with Gasteiger partial charge in [-0.05, 0) is 31.4 Å². The van der Waals surface area contributed by atoms with Crippen LogP contribution < -0.4 is 10.7 Å². The van der Waals surface area contributed by atoms with E-state index in [2.05, 4.69) is 31.8 Å². The fraction of sp³-hybridized carbons (Fsp3) is 0.389. The maximum Gasteiger partial charge on any atom is 0.417 e. The number of alkyl halides is 3. The van der Waals surface area contributed by atoms with Gasteiger partial charge in [0.05, 0.1) is 23.0 Å². The Morgan fingerprint density at radius 2 is 2.07 bits per heavy atom. The second-order valence-electron chi connectivity index (χ2n) is 7.11. The predicted molar refractivity (Wildman–Crippen MR) is 99.6 cm³/mol. The van der Waals surface area contributed by atoms with Crippen LogP contribution in [0, 0.1) is 11.7 Å². The maximum absolute atomic E-state index is 14.3. The van der Waals surface area contributed by atoms with Gasteiger partial charge in [-0.3, -0.25) is 4.79 Å². The summed E-state index contributed by atoms with van der Waals surface area (Å²) in [6.07, 6.45) is 0.279. The van der Waals surface area contributed by atoms with Crippen molar-refractivity contribution in [3.05, 3.63) is 40.1 Å². The second kappa shape index (κ2) is 7.12. The molecule has 3 unspecified atom stereocenters. The molecule has 1 aromatic carbocycles. The third-order valence-corrected chi connectivity index (χ3v) is 6.05. The van der Waals surface area contributed by atoms with Crippen molar-refractivity contribution in [2.45, 2.75) is 37.5 Å². The average molecular weight is 475 g/mol. The van der Waals surface area contributed by atoms with E-state index in [4.69, 9.17) is 0 Å². The van der Waals surface area contributed by atoms with Gasteiger partial charge in [0.1, 0.15) is 5.82 Å². The minimum absolute atomic E-state index is 0.117. The predicted octanol–water partition coefficient (Wildman–Crippen LogP) is 4.03. The van der Waals surface area contributed by atoms with Crippen molar-refractivity contribution in [1.82, 2.24) is 10.3 Å². The highest BCUT2D eigenvalue weighted by molar-refractivity contribution is 9.10. The van der Waals surface area contributed by atoms with Gasteiger partial charge in [-0.15, -0.1) is 0 Å². The van der Waals surface area contributed by atoms with Crippen LogP contribution in [0.1, 0.15) is 24.8 Å². The van der Waals surface area contributed by atoms with Gasteiger partial charge in [-0.1, -0.05) is 22.0 Å². The number of nitrogens with zero attached hydrogens (tertiary/aromatic N) is 2. The van der Waals surface area contributed by atoms with Gasteiger partial charge < -0.3 is 10.2 Å². The number of carbonyl (C=O) groups is 2. The topological polar surface area (TPSA) is 73.8 Å². The van der Waals surface area contributed by atoms with E-state index in [1.165, 1.54) is 6.08 Å². The molecule has 4 bridgehead atoms. The first kappa shape index (κ1) is 19.9. The Morgan fingerprint density at radius 3 is 2.79 bits per heavy atom.